The van der Waals surface area contributed by atoms with Gasteiger partial charge in [-0.2, -0.15) is 18.3 Å². The highest BCUT2D eigenvalue weighted by Crippen LogP contribution is 2.31. The van der Waals surface area contributed by atoms with Crippen LogP contribution in [0, 0.1) is 0 Å². The molecule has 0 radical (unpaired) electrons. The van der Waals surface area contributed by atoms with Crippen molar-refractivity contribution in [1.29, 1.82) is 0 Å². The number of hydrogen-bond acceptors (Lipinski definition) is 5. The van der Waals surface area contributed by atoms with Crippen molar-refractivity contribution in [3.8, 4) is 0 Å². The van der Waals surface area contributed by atoms with Crippen molar-refractivity contribution in [3.63, 3.8) is 0 Å². The fourth-order valence-electron chi connectivity index (χ4n) is 1.95. The smallest absolute Gasteiger partial charge is 0.275 e. The summed E-state index contributed by atoms with van der Waals surface area (Å²) in [5, 5.41) is 10.7. The lowest BCUT2D eigenvalue weighted by molar-refractivity contribution is -0.141. The maximum absolute atomic E-state index is 12.8. The Morgan fingerprint density at radius 2 is 1.91 bits per heavy atom. The number of alkyl halides is 3. The predicted molar refractivity (Wildman–Crippen MR) is 70.2 cm³/mol. The molecular weight excluding hydrogens is 323 g/mol. The van der Waals surface area contributed by atoms with Crippen LogP contribution < -0.4 is 0 Å². The minimum Gasteiger partial charge on any atom is -0.275 e. The van der Waals surface area contributed by atoms with Crippen LogP contribution in [-0.4, -0.2) is 33.2 Å². The van der Waals surface area contributed by atoms with Gasteiger partial charge in [0.15, 0.2) is 15.5 Å². The van der Waals surface area contributed by atoms with Crippen LogP contribution in [0.1, 0.15) is 23.9 Å². The molecule has 2 aromatic heterocycles. The molecule has 11 heteroatoms. The fourth-order valence-corrected chi connectivity index (χ4v) is 3.32. The van der Waals surface area contributed by atoms with Crippen molar-refractivity contribution >= 4 is 9.84 Å². The first kappa shape index (κ1) is 16.5. The summed E-state index contributed by atoms with van der Waals surface area (Å²) in [6, 6.07) is 0. The lowest BCUT2D eigenvalue weighted by atomic mass is 10.3. The summed E-state index contributed by atoms with van der Waals surface area (Å²) >= 11 is 0. The van der Waals surface area contributed by atoms with E-state index in [2.05, 4.69) is 15.4 Å². The number of hydrogen-bond donors (Lipinski definition) is 0. The van der Waals surface area contributed by atoms with Gasteiger partial charge in [-0.3, -0.25) is 9.36 Å². The molecule has 0 saturated carbocycles. The highest BCUT2D eigenvalue weighted by Gasteiger charge is 2.38. The molecular formula is C11H14F3N5O2S. The van der Waals surface area contributed by atoms with Gasteiger partial charge in [0.1, 0.15) is 0 Å². The van der Waals surface area contributed by atoms with E-state index in [4.69, 9.17) is 0 Å². The SMILES string of the molecule is CCn1cc(CS(=O)(=O)Cc2cn(C)nc2C(F)(F)F)nn1. The summed E-state index contributed by atoms with van der Waals surface area (Å²) < 4.78 is 65.0. The third kappa shape index (κ3) is 3.84. The summed E-state index contributed by atoms with van der Waals surface area (Å²) in [4.78, 5) is 0. The molecule has 2 heterocycles. The van der Waals surface area contributed by atoms with E-state index in [1.165, 1.54) is 17.9 Å². The lowest BCUT2D eigenvalue weighted by Crippen LogP contribution is -2.13. The Morgan fingerprint density at radius 3 is 2.45 bits per heavy atom. The number of aryl methyl sites for hydroxylation is 2. The molecule has 0 bridgehead atoms. The molecule has 122 valence electrons. The van der Waals surface area contributed by atoms with E-state index >= 15 is 0 Å². The summed E-state index contributed by atoms with van der Waals surface area (Å²) in [6.45, 7) is 2.33. The van der Waals surface area contributed by atoms with E-state index in [1.807, 2.05) is 0 Å². The van der Waals surface area contributed by atoms with Gasteiger partial charge in [0.2, 0.25) is 0 Å². The normalized spacial score (nSPS) is 12.8. The Kier molecular flexibility index (Phi) is 4.27. The van der Waals surface area contributed by atoms with Gasteiger partial charge < -0.3 is 0 Å². The fraction of sp³-hybridized carbons (Fsp3) is 0.545. The second-order valence-electron chi connectivity index (χ2n) is 4.77. The van der Waals surface area contributed by atoms with Crippen LogP contribution in [0.5, 0.6) is 0 Å². The topological polar surface area (TPSA) is 82.7 Å². The number of sulfone groups is 1. The molecule has 0 fully saturated rings. The third-order valence-corrected chi connectivity index (χ3v) is 4.31. The van der Waals surface area contributed by atoms with Gasteiger partial charge in [-0.25, -0.2) is 8.42 Å². The monoisotopic (exact) mass is 337 g/mol. The van der Waals surface area contributed by atoms with Crippen LogP contribution in [0.4, 0.5) is 13.2 Å². The van der Waals surface area contributed by atoms with Crippen molar-refractivity contribution in [2.24, 2.45) is 7.05 Å². The van der Waals surface area contributed by atoms with Crippen molar-refractivity contribution < 1.29 is 21.6 Å². The van der Waals surface area contributed by atoms with Crippen molar-refractivity contribution in [1.82, 2.24) is 24.8 Å². The van der Waals surface area contributed by atoms with Crippen molar-refractivity contribution in [2.75, 3.05) is 0 Å². The number of halogens is 3. The minimum atomic E-state index is -4.70. The molecule has 0 aliphatic rings. The molecule has 0 N–H and O–H groups in total. The summed E-state index contributed by atoms with van der Waals surface area (Å²) in [5.74, 6) is -1.23. The Morgan fingerprint density at radius 1 is 1.23 bits per heavy atom. The van der Waals surface area contributed by atoms with Gasteiger partial charge in [-0.15, -0.1) is 5.10 Å². The minimum absolute atomic E-state index is 0.194. The zero-order valence-electron chi connectivity index (χ0n) is 11.9. The van der Waals surface area contributed by atoms with E-state index in [9.17, 15) is 21.6 Å². The quantitative estimate of drug-likeness (QED) is 0.818. The van der Waals surface area contributed by atoms with Gasteiger partial charge in [0.25, 0.3) is 0 Å². The first-order valence-corrected chi connectivity index (χ1v) is 8.12. The Hall–Kier alpha value is -1.91. The van der Waals surface area contributed by atoms with Crippen LogP contribution in [0.15, 0.2) is 12.4 Å². The molecule has 22 heavy (non-hydrogen) atoms. The lowest BCUT2D eigenvalue weighted by Gasteiger charge is -2.06. The number of rotatable bonds is 5. The highest BCUT2D eigenvalue weighted by atomic mass is 32.2. The van der Waals surface area contributed by atoms with Gasteiger partial charge in [0.05, 0.1) is 17.2 Å². The van der Waals surface area contributed by atoms with E-state index < -0.39 is 33.2 Å². The second kappa shape index (κ2) is 5.71. The highest BCUT2D eigenvalue weighted by molar-refractivity contribution is 7.89. The number of nitrogens with zero attached hydrogens (tertiary/aromatic N) is 5. The second-order valence-corrected chi connectivity index (χ2v) is 6.84. The van der Waals surface area contributed by atoms with Gasteiger partial charge in [-0.1, -0.05) is 5.21 Å². The van der Waals surface area contributed by atoms with E-state index in [0.29, 0.717) is 6.54 Å². The molecule has 0 amide bonds. The van der Waals surface area contributed by atoms with Crippen LogP contribution >= 0.6 is 0 Å². The molecule has 0 aromatic carbocycles. The van der Waals surface area contributed by atoms with Gasteiger partial charge in [0, 0.05) is 31.5 Å². The molecule has 2 rings (SSSR count). The Bertz CT molecular complexity index is 763. The van der Waals surface area contributed by atoms with Crippen LogP contribution in [0.3, 0.4) is 0 Å². The maximum atomic E-state index is 12.8. The van der Waals surface area contributed by atoms with E-state index in [1.54, 1.807) is 6.92 Å². The zero-order chi connectivity index (χ0) is 16.5. The van der Waals surface area contributed by atoms with Crippen LogP contribution in [-0.2, 0) is 41.1 Å². The molecule has 0 unspecified atom stereocenters. The third-order valence-electron chi connectivity index (χ3n) is 2.83. The van der Waals surface area contributed by atoms with Gasteiger partial charge in [-0.05, 0) is 6.92 Å². The first-order chi connectivity index (χ1) is 10.1. The van der Waals surface area contributed by atoms with Crippen LogP contribution in [0.25, 0.3) is 0 Å². The van der Waals surface area contributed by atoms with E-state index in [-0.39, 0.29) is 11.3 Å². The molecule has 2 aromatic rings. The van der Waals surface area contributed by atoms with Crippen molar-refractivity contribution in [3.05, 3.63) is 29.3 Å². The molecule has 7 nitrogen and oxygen atoms in total. The Balaban J connectivity index is 2.22. The summed E-state index contributed by atoms with van der Waals surface area (Å²) in [6.07, 6.45) is -2.19. The molecule has 0 atom stereocenters. The first-order valence-electron chi connectivity index (χ1n) is 6.30. The van der Waals surface area contributed by atoms with Crippen molar-refractivity contribution in [2.45, 2.75) is 31.2 Å². The maximum Gasteiger partial charge on any atom is 0.435 e. The van der Waals surface area contributed by atoms with Crippen LogP contribution in [0.2, 0.25) is 0 Å². The predicted octanol–water partition coefficient (Wildman–Crippen LogP) is 1.17. The van der Waals surface area contributed by atoms with Gasteiger partial charge >= 0.3 is 6.18 Å². The molecule has 0 aliphatic carbocycles. The number of aromatic nitrogens is 5. The average Bonchev–Trinajstić information content (AvgIpc) is 2.94. The molecule has 0 saturated heterocycles. The Labute approximate surface area is 124 Å². The summed E-state index contributed by atoms with van der Waals surface area (Å²) in [5.41, 5.74) is -1.37. The zero-order valence-corrected chi connectivity index (χ0v) is 12.7. The summed E-state index contributed by atoms with van der Waals surface area (Å²) in [7, 11) is -2.52. The largest absolute Gasteiger partial charge is 0.435 e. The molecule has 0 spiro atoms. The average molecular weight is 337 g/mol. The molecule has 0 aliphatic heterocycles. The van der Waals surface area contributed by atoms with E-state index in [0.717, 1.165) is 10.9 Å². The standard InChI is InChI=1S/C11H14F3N5O2S/c1-3-19-5-9(15-17-19)7-22(20,21)6-8-4-18(2)16-10(8)11(12,13)14/h4-5H,3,6-7H2,1-2H3.